The Morgan fingerprint density at radius 1 is 1.25 bits per heavy atom. The summed E-state index contributed by atoms with van der Waals surface area (Å²) in [5.41, 5.74) is 0.555. The molecule has 1 aromatic rings. The number of amides is 1. The van der Waals surface area contributed by atoms with E-state index in [1.807, 2.05) is 20.8 Å². The van der Waals surface area contributed by atoms with E-state index in [1.165, 1.54) is 6.07 Å². The van der Waals surface area contributed by atoms with Gasteiger partial charge in [0.15, 0.2) is 0 Å². The topological polar surface area (TPSA) is 20.3 Å². The standard InChI is InChI=1S/C13H18FNO/c1-9(2)13(16)15(4)10(3)11-7-5-6-8-12(11)14/h5-10H,1-4H3. The van der Waals surface area contributed by atoms with Crippen LogP contribution in [0.2, 0.25) is 0 Å². The molecule has 0 aliphatic rings. The summed E-state index contributed by atoms with van der Waals surface area (Å²) in [6, 6.07) is 6.32. The SMILES string of the molecule is CC(C)C(=O)N(C)C(C)c1ccccc1F. The van der Waals surface area contributed by atoms with Gasteiger partial charge in [0.25, 0.3) is 0 Å². The van der Waals surface area contributed by atoms with Crippen LogP contribution in [0.3, 0.4) is 0 Å². The monoisotopic (exact) mass is 223 g/mol. The van der Waals surface area contributed by atoms with Crippen LogP contribution in [0.15, 0.2) is 24.3 Å². The van der Waals surface area contributed by atoms with Gasteiger partial charge >= 0.3 is 0 Å². The highest BCUT2D eigenvalue weighted by Crippen LogP contribution is 2.22. The summed E-state index contributed by atoms with van der Waals surface area (Å²) in [5, 5.41) is 0. The van der Waals surface area contributed by atoms with E-state index >= 15 is 0 Å². The zero-order valence-electron chi connectivity index (χ0n) is 10.2. The lowest BCUT2D eigenvalue weighted by Crippen LogP contribution is -2.33. The molecule has 0 bridgehead atoms. The van der Waals surface area contributed by atoms with Gasteiger partial charge in [0.05, 0.1) is 6.04 Å². The van der Waals surface area contributed by atoms with E-state index in [0.717, 1.165) is 0 Å². The maximum absolute atomic E-state index is 13.5. The van der Waals surface area contributed by atoms with Gasteiger partial charge < -0.3 is 4.90 Å². The van der Waals surface area contributed by atoms with Gasteiger partial charge in [-0.3, -0.25) is 4.79 Å². The largest absolute Gasteiger partial charge is 0.339 e. The number of halogens is 1. The van der Waals surface area contributed by atoms with Gasteiger partial charge in [-0.05, 0) is 13.0 Å². The molecular weight excluding hydrogens is 205 g/mol. The van der Waals surface area contributed by atoms with Gasteiger partial charge in [0, 0.05) is 18.5 Å². The zero-order chi connectivity index (χ0) is 12.3. The van der Waals surface area contributed by atoms with Crippen LogP contribution < -0.4 is 0 Å². The van der Waals surface area contributed by atoms with Crippen molar-refractivity contribution in [2.75, 3.05) is 7.05 Å². The van der Waals surface area contributed by atoms with E-state index in [4.69, 9.17) is 0 Å². The number of carbonyl (C=O) groups is 1. The summed E-state index contributed by atoms with van der Waals surface area (Å²) >= 11 is 0. The predicted octanol–water partition coefficient (Wildman–Crippen LogP) is 3.00. The molecule has 1 unspecified atom stereocenters. The van der Waals surface area contributed by atoms with Gasteiger partial charge in [-0.25, -0.2) is 4.39 Å². The van der Waals surface area contributed by atoms with Crippen LogP contribution in [0.5, 0.6) is 0 Å². The maximum atomic E-state index is 13.5. The molecule has 0 aliphatic heterocycles. The Morgan fingerprint density at radius 3 is 2.31 bits per heavy atom. The van der Waals surface area contributed by atoms with Gasteiger partial charge in [-0.1, -0.05) is 32.0 Å². The van der Waals surface area contributed by atoms with E-state index < -0.39 is 0 Å². The van der Waals surface area contributed by atoms with Crippen molar-refractivity contribution in [2.45, 2.75) is 26.8 Å². The number of nitrogens with zero attached hydrogens (tertiary/aromatic N) is 1. The Kier molecular flexibility index (Phi) is 4.05. The molecule has 3 heteroatoms. The number of hydrogen-bond acceptors (Lipinski definition) is 1. The molecule has 88 valence electrons. The van der Waals surface area contributed by atoms with Gasteiger partial charge in [0.1, 0.15) is 5.82 Å². The van der Waals surface area contributed by atoms with Crippen molar-refractivity contribution >= 4 is 5.91 Å². The minimum Gasteiger partial charge on any atom is -0.339 e. The minimum absolute atomic E-state index is 0.0238. The fourth-order valence-corrected chi connectivity index (χ4v) is 1.62. The Balaban J connectivity index is 2.90. The predicted molar refractivity (Wildman–Crippen MR) is 62.4 cm³/mol. The summed E-state index contributed by atoms with van der Waals surface area (Å²) in [5.74, 6) is -0.312. The summed E-state index contributed by atoms with van der Waals surface area (Å²) in [4.78, 5) is 13.4. The lowest BCUT2D eigenvalue weighted by atomic mass is 10.1. The maximum Gasteiger partial charge on any atom is 0.225 e. The molecule has 1 aromatic carbocycles. The first kappa shape index (κ1) is 12.7. The second-order valence-electron chi connectivity index (χ2n) is 4.30. The smallest absolute Gasteiger partial charge is 0.225 e. The minimum atomic E-state index is -0.265. The number of benzene rings is 1. The second-order valence-corrected chi connectivity index (χ2v) is 4.30. The summed E-state index contributed by atoms with van der Waals surface area (Å²) in [7, 11) is 1.71. The Hall–Kier alpha value is -1.38. The van der Waals surface area contributed by atoms with Crippen molar-refractivity contribution in [3.63, 3.8) is 0 Å². The summed E-state index contributed by atoms with van der Waals surface area (Å²) < 4.78 is 13.5. The second kappa shape index (κ2) is 5.10. The fourth-order valence-electron chi connectivity index (χ4n) is 1.62. The molecule has 0 aliphatic carbocycles. The van der Waals surface area contributed by atoms with Crippen molar-refractivity contribution in [1.82, 2.24) is 4.90 Å². The highest BCUT2D eigenvalue weighted by Gasteiger charge is 2.21. The normalized spacial score (nSPS) is 12.6. The zero-order valence-corrected chi connectivity index (χ0v) is 10.2. The first-order valence-corrected chi connectivity index (χ1v) is 5.46. The highest BCUT2D eigenvalue weighted by molar-refractivity contribution is 5.78. The van der Waals surface area contributed by atoms with Crippen LogP contribution >= 0.6 is 0 Å². The third-order valence-electron chi connectivity index (χ3n) is 2.78. The average Bonchev–Trinajstić information content (AvgIpc) is 2.26. The van der Waals surface area contributed by atoms with Crippen molar-refractivity contribution in [3.05, 3.63) is 35.6 Å². The van der Waals surface area contributed by atoms with E-state index in [0.29, 0.717) is 5.56 Å². The number of carbonyl (C=O) groups excluding carboxylic acids is 1. The summed E-state index contributed by atoms with van der Waals surface area (Å²) in [6.07, 6.45) is 0. The molecule has 0 saturated carbocycles. The summed E-state index contributed by atoms with van der Waals surface area (Å²) in [6.45, 7) is 5.51. The molecule has 0 fully saturated rings. The molecule has 0 N–H and O–H groups in total. The van der Waals surface area contributed by atoms with E-state index in [1.54, 1.807) is 30.1 Å². The Morgan fingerprint density at radius 2 is 1.81 bits per heavy atom. The average molecular weight is 223 g/mol. The van der Waals surface area contributed by atoms with Gasteiger partial charge in [0.2, 0.25) is 5.91 Å². The quantitative estimate of drug-likeness (QED) is 0.771. The molecule has 0 radical (unpaired) electrons. The van der Waals surface area contributed by atoms with Crippen molar-refractivity contribution in [1.29, 1.82) is 0 Å². The van der Waals surface area contributed by atoms with Crippen LogP contribution in [0.25, 0.3) is 0 Å². The van der Waals surface area contributed by atoms with Crippen molar-refractivity contribution in [3.8, 4) is 0 Å². The number of rotatable bonds is 3. The Bertz CT molecular complexity index is 376. The fraction of sp³-hybridized carbons (Fsp3) is 0.462. The molecule has 0 saturated heterocycles. The van der Waals surface area contributed by atoms with E-state index in [2.05, 4.69) is 0 Å². The highest BCUT2D eigenvalue weighted by atomic mass is 19.1. The molecular formula is C13H18FNO. The van der Waals surface area contributed by atoms with E-state index in [-0.39, 0.29) is 23.7 Å². The molecule has 1 rings (SSSR count). The molecule has 1 amide bonds. The van der Waals surface area contributed by atoms with E-state index in [9.17, 15) is 9.18 Å². The molecule has 0 spiro atoms. The van der Waals surface area contributed by atoms with Gasteiger partial charge in [-0.2, -0.15) is 0 Å². The van der Waals surface area contributed by atoms with Crippen molar-refractivity contribution in [2.24, 2.45) is 5.92 Å². The van der Waals surface area contributed by atoms with Crippen LogP contribution in [0, 0.1) is 11.7 Å². The first-order valence-electron chi connectivity index (χ1n) is 5.46. The Labute approximate surface area is 96.1 Å². The molecule has 2 nitrogen and oxygen atoms in total. The lowest BCUT2D eigenvalue weighted by Gasteiger charge is -2.27. The molecule has 0 heterocycles. The van der Waals surface area contributed by atoms with Crippen LogP contribution in [-0.2, 0) is 4.79 Å². The first-order chi connectivity index (χ1) is 7.45. The molecule has 0 aromatic heterocycles. The van der Waals surface area contributed by atoms with Crippen LogP contribution in [0.4, 0.5) is 4.39 Å². The number of hydrogen-bond donors (Lipinski definition) is 0. The van der Waals surface area contributed by atoms with Crippen LogP contribution in [0.1, 0.15) is 32.4 Å². The van der Waals surface area contributed by atoms with Crippen molar-refractivity contribution < 1.29 is 9.18 Å². The molecule has 1 atom stereocenters. The van der Waals surface area contributed by atoms with Crippen LogP contribution in [-0.4, -0.2) is 17.9 Å². The third kappa shape index (κ3) is 2.60. The molecule has 16 heavy (non-hydrogen) atoms. The third-order valence-corrected chi connectivity index (χ3v) is 2.78. The lowest BCUT2D eigenvalue weighted by molar-refractivity contribution is -0.135. The van der Waals surface area contributed by atoms with Gasteiger partial charge in [-0.15, -0.1) is 0 Å².